The molecule has 0 saturated carbocycles. The van der Waals surface area contributed by atoms with Crippen molar-refractivity contribution in [3.8, 4) is 33.8 Å². The van der Waals surface area contributed by atoms with Crippen molar-refractivity contribution in [1.82, 2.24) is 9.97 Å². The number of aromatic nitrogens is 2. The summed E-state index contributed by atoms with van der Waals surface area (Å²) in [5, 5.41) is 1.78. The maximum Gasteiger partial charge on any atom is 0.160 e. The Morgan fingerprint density at radius 3 is 1.94 bits per heavy atom. The van der Waals surface area contributed by atoms with Gasteiger partial charge in [0.25, 0.3) is 0 Å². The highest BCUT2D eigenvalue weighted by Gasteiger charge is 2.16. The number of rotatable bonds is 3. The highest BCUT2D eigenvalue weighted by molar-refractivity contribution is 7.26. The van der Waals surface area contributed by atoms with Crippen LogP contribution in [0.2, 0.25) is 5.02 Å². The predicted octanol–water partition coefficient (Wildman–Crippen LogP) is 8.50. The Bertz CT molecular complexity index is 1560. The standard InChI is InChI=1S/C28H17ClN2S/c29-22-15-16-24-23(17-22)26-27(32-24)25(30-28(31-26)21-9-5-2-6-10-21)20-13-11-19(12-14-20)18-7-3-1-4-8-18/h1-17H. The number of nitrogens with zero attached hydrogens (tertiary/aromatic N) is 2. The lowest BCUT2D eigenvalue weighted by atomic mass is 10.0. The summed E-state index contributed by atoms with van der Waals surface area (Å²) < 4.78 is 2.24. The number of fused-ring (bicyclic) bond motifs is 3. The van der Waals surface area contributed by atoms with Gasteiger partial charge in [-0.1, -0.05) is 96.5 Å². The fraction of sp³-hybridized carbons (Fsp3) is 0. The van der Waals surface area contributed by atoms with E-state index < -0.39 is 0 Å². The second-order valence-electron chi connectivity index (χ2n) is 7.63. The van der Waals surface area contributed by atoms with Gasteiger partial charge in [-0.05, 0) is 29.3 Å². The van der Waals surface area contributed by atoms with Crippen molar-refractivity contribution in [3.05, 3.63) is 108 Å². The van der Waals surface area contributed by atoms with Gasteiger partial charge in [0.05, 0.1) is 15.9 Å². The first-order valence-corrected chi connectivity index (χ1v) is 11.6. The van der Waals surface area contributed by atoms with Gasteiger partial charge in [0, 0.05) is 26.2 Å². The van der Waals surface area contributed by atoms with Gasteiger partial charge < -0.3 is 0 Å². The van der Waals surface area contributed by atoms with Crippen molar-refractivity contribution in [3.63, 3.8) is 0 Å². The van der Waals surface area contributed by atoms with Gasteiger partial charge in [-0.25, -0.2) is 9.97 Å². The molecule has 0 aliphatic heterocycles. The van der Waals surface area contributed by atoms with Crippen LogP contribution < -0.4 is 0 Å². The van der Waals surface area contributed by atoms with Crippen LogP contribution in [-0.2, 0) is 0 Å². The van der Waals surface area contributed by atoms with Crippen LogP contribution in [0, 0.1) is 0 Å². The molecule has 0 radical (unpaired) electrons. The van der Waals surface area contributed by atoms with Gasteiger partial charge in [-0.2, -0.15) is 0 Å². The van der Waals surface area contributed by atoms with E-state index in [1.165, 1.54) is 11.1 Å². The summed E-state index contributed by atoms with van der Waals surface area (Å²) in [7, 11) is 0. The topological polar surface area (TPSA) is 25.8 Å². The van der Waals surface area contributed by atoms with Gasteiger partial charge in [0.1, 0.15) is 0 Å². The van der Waals surface area contributed by atoms with E-state index in [0.29, 0.717) is 5.02 Å². The van der Waals surface area contributed by atoms with Crippen molar-refractivity contribution < 1.29 is 0 Å². The van der Waals surface area contributed by atoms with Crippen LogP contribution in [0.25, 0.3) is 54.1 Å². The lowest BCUT2D eigenvalue weighted by Gasteiger charge is -2.08. The Morgan fingerprint density at radius 1 is 0.594 bits per heavy atom. The zero-order valence-corrected chi connectivity index (χ0v) is 18.6. The van der Waals surface area contributed by atoms with E-state index in [2.05, 4.69) is 54.6 Å². The molecule has 2 aromatic heterocycles. The molecule has 0 unspecified atom stereocenters. The molecule has 2 heterocycles. The second kappa shape index (κ2) is 7.86. The third-order valence-corrected chi connectivity index (χ3v) is 6.97. The van der Waals surface area contributed by atoms with Gasteiger partial charge in [0.15, 0.2) is 5.82 Å². The van der Waals surface area contributed by atoms with Gasteiger partial charge >= 0.3 is 0 Å². The van der Waals surface area contributed by atoms with Crippen LogP contribution in [0.1, 0.15) is 0 Å². The van der Waals surface area contributed by atoms with Crippen molar-refractivity contribution >= 4 is 43.2 Å². The van der Waals surface area contributed by atoms with Gasteiger partial charge in [0.2, 0.25) is 0 Å². The highest BCUT2D eigenvalue weighted by Crippen LogP contribution is 2.40. The van der Waals surface area contributed by atoms with Crippen molar-refractivity contribution in [2.24, 2.45) is 0 Å². The van der Waals surface area contributed by atoms with E-state index in [9.17, 15) is 0 Å². The van der Waals surface area contributed by atoms with Crippen LogP contribution in [0.4, 0.5) is 0 Å². The van der Waals surface area contributed by atoms with Crippen LogP contribution >= 0.6 is 22.9 Å². The maximum atomic E-state index is 6.33. The fourth-order valence-electron chi connectivity index (χ4n) is 3.98. The molecule has 0 atom stereocenters. The number of thiophene rings is 1. The first-order valence-electron chi connectivity index (χ1n) is 10.4. The molecule has 2 nitrogen and oxygen atoms in total. The molecule has 0 bridgehead atoms. The zero-order valence-electron chi connectivity index (χ0n) is 17.0. The SMILES string of the molecule is Clc1ccc2sc3c(-c4ccc(-c5ccccc5)cc4)nc(-c4ccccc4)nc3c2c1. The molecule has 6 aromatic rings. The van der Waals surface area contributed by atoms with Crippen molar-refractivity contribution in [2.75, 3.05) is 0 Å². The summed E-state index contributed by atoms with van der Waals surface area (Å²) in [4.78, 5) is 9.99. The lowest BCUT2D eigenvalue weighted by Crippen LogP contribution is -1.93. The molecule has 4 heteroatoms. The lowest BCUT2D eigenvalue weighted by molar-refractivity contribution is 1.24. The molecule has 0 amide bonds. The van der Waals surface area contributed by atoms with Crippen LogP contribution in [0.3, 0.4) is 0 Å². The first-order chi connectivity index (χ1) is 15.8. The molecule has 0 fully saturated rings. The fourth-order valence-corrected chi connectivity index (χ4v) is 5.29. The summed E-state index contributed by atoms with van der Waals surface area (Å²) in [6.45, 7) is 0. The Kier molecular flexibility index (Phi) is 4.71. The number of hydrogen-bond acceptors (Lipinski definition) is 3. The highest BCUT2D eigenvalue weighted by atomic mass is 35.5. The van der Waals surface area contributed by atoms with E-state index >= 15 is 0 Å². The summed E-state index contributed by atoms with van der Waals surface area (Å²) in [6, 6.07) is 35.1. The monoisotopic (exact) mass is 448 g/mol. The Hall–Kier alpha value is -3.53. The van der Waals surface area contributed by atoms with E-state index in [1.54, 1.807) is 11.3 Å². The summed E-state index contributed by atoms with van der Waals surface area (Å²) in [5.74, 6) is 0.722. The molecular weight excluding hydrogens is 432 g/mol. The van der Waals surface area contributed by atoms with Crippen LogP contribution in [0.5, 0.6) is 0 Å². The molecule has 32 heavy (non-hydrogen) atoms. The smallest absolute Gasteiger partial charge is 0.160 e. The van der Waals surface area contributed by atoms with Gasteiger partial charge in [-0.3, -0.25) is 0 Å². The second-order valence-corrected chi connectivity index (χ2v) is 9.11. The van der Waals surface area contributed by atoms with E-state index in [-0.39, 0.29) is 0 Å². The Morgan fingerprint density at radius 2 is 1.22 bits per heavy atom. The molecule has 6 rings (SSSR count). The molecule has 152 valence electrons. The Labute approximate surface area is 194 Å². The average Bonchev–Trinajstić information content (AvgIpc) is 3.22. The zero-order chi connectivity index (χ0) is 21.5. The number of benzene rings is 4. The van der Waals surface area contributed by atoms with Crippen LogP contribution in [0.15, 0.2) is 103 Å². The predicted molar refractivity (Wildman–Crippen MR) is 136 cm³/mol. The third kappa shape index (κ3) is 3.36. The summed E-state index contributed by atoms with van der Waals surface area (Å²) in [6.07, 6.45) is 0. The minimum Gasteiger partial charge on any atom is -0.226 e. The minimum absolute atomic E-state index is 0.714. The largest absolute Gasteiger partial charge is 0.226 e. The molecule has 0 aliphatic rings. The van der Waals surface area contributed by atoms with E-state index in [1.807, 2.05) is 48.5 Å². The Balaban J connectivity index is 1.59. The summed E-state index contributed by atoms with van der Waals surface area (Å²) in [5.41, 5.74) is 6.36. The minimum atomic E-state index is 0.714. The maximum absolute atomic E-state index is 6.33. The molecule has 0 aliphatic carbocycles. The first kappa shape index (κ1) is 19.2. The molecule has 4 aromatic carbocycles. The number of hydrogen-bond donors (Lipinski definition) is 0. The van der Waals surface area contributed by atoms with Crippen molar-refractivity contribution in [2.45, 2.75) is 0 Å². The molecular formula is C28H17ClN2S. The molecule has 0 saturated heterocycles. The number of halogens is 1. The third-order valence-electron chi connectivity index (χ3n) is 5.57. The van der Waals surface area contributed by atoms with Crippen LogP contribution in [-0.4, -0.2) is 9.97 Å². The normalized spacial score (nSPS) is 11.3. The van der Waals surface area contributed by atoms with Gasteiger partial charge in [-0.15, -0.1) is 11.3 Å². The average molecular weight is 449 g/mol. The van der Waals surface area contributed by atoms with Crippen molar-refractivity contribution in [1.29, 1.82) is 0 Å². The van der Waals surface area contributed by atoms with E-state index in [4.69, 9.17) is 21.6 Å². The summed E-state index contributed by atoms with van der Waals surface area (Å²) >= 11 is 8.04. The molecule has 0 N–H and O–H groups in total. The van der Waals surface area contributed by atoms with E-state index in [0.717, 1.165) is 42.9 Å². The molecule has 0 spiro atoms. The quantitative estimate of drug-likeness (QED) is 0.271.